The summed E-state index contributed by atoms with van der Waals surface area (Å²) >= 11 is 0. The molecule has 4 rings (SSSR count). The van der Waals surface area contributed by atoms with Crippen LogP contribution in [0.25, 0.3) is 0 Å². The summed E-state index contributed by atoms with van der Waals surface area (Å²) in [6, 6.07) is 5.51. The number of nitrogens with zero attached hydrogens (tertiary/aromatic N) is 1. The summed E-state index contributed by atoms with van der Waals surface area (Å²) in [6.45, 7) is 11.8. The van der Waals surface area contributed by atoms with E-state index in [0.717, 1.165) is 0 Å². The molecule has 37 heavy (non-hydrogen) atoms. The number of fused-ring (bicyclic) bond motifs is 1. The lowest BCUT2D eigenvalue weighted by molar-refractivity contribution is -0.149. The molecule has 1 spiro atoms. The molecule has 1 aromatic rings. The number of hydrogen-bond acceptors (Lipinski definition) is 6. The third-order valence-corrected chi connectivity index (χ3v) is 7.96. The van der Waals surface area contributed by atoms with Crippen molar-refractivity contribution in [1.29, 1.82) is 0 Å². The van der Waals surface area contributed by atoms with Gasteiger partial charge in [0.15, 0.2) is 0 Å². The van der Waals surface area contributed by atoms with Gasteiger partial charge in [-0.2, -0.15) is 0 Å². The predicted molar refractivity (Wildman–Crippen MR) is 139 cm³/mol. The van der Waals surface area contributed by atoms with Crippen molar-refractivity contribution in [3.63, 3.8) is 0 Å². The number of hydrogen-bond donors (Lipinski definition) is 3. The van der Waals surface area contributed by atoms with Crippen molar-refractivity contribution < 1.29 is 29.0 Å². The van der Waals surface area contributed by atoms with Gasteiger partial charge in [0.25, 0.3) is 0 Å². The minimum absolute atomic E-state index is 0.134. The van der Waals surface area contributed by atoms with Crippen LogP contribution in [-0.4, -0.2) is 70.3 Å². The van der Waals surface area contributed by atoms with Crippen LogP contribution in [0.2, 0.25) is 0 Å². The Hall–Kier alpha value is -2.65. The highest BCUT2D eigenvalue weighted by atomic mass is 16.5. The highest BCUT2D eigenvalue weighted by Gasteiger charge is 2.78. The molecule has 0 saturated carbocycles. The molecule has 3 aliphatic heterocycles. The molecule has 3 saturated heterocycles. The minimum Gasteiger partial charge on any atom is -0.494 e. The first-order valence-corrected chi connectivity index (χ1v) is 13.4. The number of carbonyl (C=O) groups excluding carboxylic acids is 3. The lowest BCUT2D eigenvalue weighted by Gasteiger charge is -2.38. The fraction of sp³-hybridized carbons (Fsp3) is 0.679. The van der Waals surface area contributed by atoms with E-state index in [2.05, 4.69) is 10.6 Å². The van der Waals surface area contributed by atoms with Crippen molar-refractivity contribution in [2.45, 2.75) is 90.1 Å². The smallest absolute Gasteiger partial charge is 0.246 e. The molecule has 3 amide bonds. The van der Waals surface area contributed by atoms with Gasteiger partial charge in [-0.1, -0.05) is 13.8 Å². The van der Waals surface area contributed by atoms with Crippen molar-refractivity contribution >= 4 is 23.4 Å². The quantitative estimate of drug-likeness (QED) is 0.441. The molecule has 0 aromatic heterocycles. The van der Waals surface area contributed by atoms with Crippen molar-refractivity contribution in [3.05, 3.63) is 24.3 Å². The molecule has 2 bridgehead atoms. The molecule has 9 nitrogen and oxygen atoms in total. The van der Waals surface area contributed by atoms with E-state index in [1.165, 1.54) is 4.90 Å². The third kappa shape index (κ3) is 4.72. The molecule has 3 heterocycles. The summed E-state index contributed by atoms with van der Waals surface area (Å²) in [4.78, 5) is 43.0. The molecule has 204 valence electrons. The molecule has 2 unspecified atom stereocenters. The van der Waals surface area contributed by atoms with Crippen LogP contribution in [0.4, 0.5) is 5.69 Å². The van der Waals surface area contributed by atoms with Gasteiger partial charge in [-0.05, 0) is 77.1 Å². The number of amides is 3. The number of rotatable bonds is 10. The Labute approximate surface area is 219 Å². The Morgan fingerprint density at radius 1 is 1.16 bits per heavy atom. The van der Waals surface area contributed by atoms with E-state index in [1.807, 2.05) is 41.5 Å². The Balaban J connectivity index is 1.70. The van der Waals surface area contributed by atoms with Crippen molar-refractivity contribution in [1.82, 2.24) is 10.2 Å². The highest BCUT2D eigenvalue weighted by Crippen LogP contribution is 2.63. The van der Waals surface area contributed by atoms with E-state index >= 15 is 0 Å². The molecule has 0 radical (unpaired) electrons. The fourth-order valence-electron chi connectivity index (χ4n) is 6.66. The minimum atomic E-state index is -1.12. The summed E-state index contributed by atoms with van der Waals surface area (Å²) in [5, 5.41) is 16.2. The second kappa shape index (κ2) is 10.3. The number of likely N-dealkylation sites (tertiary alicyclic amines) is 1. The van der Waals surface area contributed by atoms with Crippen LogP contribution < -0.4 is 15.4 Å². The van der Waals surface area contributed by atoms with Crippen LogP contribution in [0.1, 0.15) is 60.8 Å². The molecule has 3 aliphatic rings. The largest absolute Gasteiger partial charge is 0.494 e. The zero-order valence-corrected chi connectivity index (χ0v) is 22.7. The zero-order chi connectivity index (χ0) is 27.1. The van der Waals surface area contributed by atoms with Gasteiger partial charge in [-0.3, -0.25) is 14.4 Å². The topological polar surface area (TPSA) is 117 Å². The number of nitrogens with one attached hydrogen (secondary N) is 2. The SMILES string of the molecule is CCOc1ccc(NC(=O)[C@@H]2[C@H]3C(=O)N([C@@H](CO)CC(C)C)C(C(=O)NC(C)C)C34CC[C@@]2(C)O4)cc1. The fourth-order valence-corrected chi connectivity index (χ4v) is 6.66. The number of aliphatic hydroxyl groups excluding tert-OH is 1. The predicted octanol–water partition coefficient (Wildman–Crippen LogP) is 2.72. The number of benzene rings is 1. The summed E-state index contributed by atoms with van der Waals surface area (Å²) < 4.78 is 12.1. The van der Waals surface area contributed by atoms with E-state index in [1.54, 1.807) is 24.3 Å². The maximum absolute atomic E-state index is 14.1. The first-order chi connectivity index (χ1) is 17.5. The van der Waals surface area contributed by atoms with Gasteiger partial charge in [-0.25, -0.2) is 0 Å². The Morgan fingerprint density at radius 2 is 1.84 bits per heavy atom. The van der Waals surface area contributed by atoms with Gasteiger partial charge in [-0.15, -0.1) is 0 Å². The van der Waals surface area contributed by atoms with Crippen molar-refractivity contribution in [2.75, 3.05) is 18.5 Å². The van der Waals surface area contributed by atoms with Gasteiger partial charge >= 0.3 is 0 Å². The van der Waals surface area contributed by atoms with Crippen molar-refractivity contribution in [3.8, 4) is 5.75 Å². The van der Waals surface area contributed by atoms with E-state index in [9.17, 15) is 19.5 Å². The normalized spacial score (nSPS) is 31.1. The highest BCUT2D eigenvalue weighted by molar-refractivity contribution is 6.02. The molecule has 3 N–H and O–H groups in total. The second-order valence-electron chi connectivity index (χ2n) is 11.5. The monoisotopic (exact) mass is 515 g/mol. The van der Waals surface area contributed by atoms with Gasteiger partial charge < -0.3 is 30.1 Å². The van der Waals surface area contributed by atoms with Crippen LogP contribution in [-0.2, 0) is 19.1 Å². The second-order valence-corrected chi connectivity index (χ2v) is 11.5. The van der Waals surface area contributed by atoms with Crippen molar-refractivity contribution in [2.24, 2.45) is 17.8 Å². The van der Waals surface area contributed by atoms with Crippen LogP contribution >= 0.6 is 0 Å². The van der Waals surface area contributed by atoms with E-state index < -0.39 is 35.1 Å². The zero-order valence-electron chi connectivity index (χ0n) is 22.7. The van der Waals surface area contributed by atoms with Gasteiger partial charge in [0.05, 0.1) is 36.7 Å². The third-order valence-electron chi connectivity index (χ3n) is 7.96. The first-order valence-electron chi connectivity index (χ1n) is 13.4. The molecule has 6 atom stereocenters. The molecular formula is C28H41N3O6. The number of anilines is 1. The van der Waals surface area contributed by atoms with Gasteiger partial charge in [0.1, 0.15) is 17.4 Å². The summed E-state index contributed by atoms with van der Waals surface area (Å²) in [6.07, 6.45) is 1.60. The maximum atomic E-state index is 14.1. The number of aliphatic hydroxyl groups is 1. The average molecular weight is 516 g/mol. The summed E-state index contributed by atoms with van der Waals surface area (Å²) in [5.74, 6) is -1.57. The summed E-state index contributed by atoms with van der Waals surface area (Å²) in [5.41, 5.74) is -1.39. The molecule has 1 aromatic carbocycles. The standard InChI is InChI=1S/C28H41N3O6/c1-7-36-20-10-8-18(9-11-20)30-24(33)21-22-26(35)31(19(15-32)14-16(2)3)23(25(34)29-17(4)5)28(22)13-12-27(21,6)37-28/h8-11,16-17,19,21-23,32H,7,12-15H2,1-6H3,(H,29,34)(H,30,33)/t19-,21+,22+,23?,27-,28?/m1/s1. The summed E-state index contributed by atoms with van der Waals surface area (Å²) in [7, 11) is 0. The van der Waals surface area contributed by atoms with E-state index in [4.69, 9.17) is 9.47 Å². The van der Waals surface area contributed by atoms with Gasteiger partial charge in [0, 0.05) is 11.7 Å². The van der Waals surface area contributed by atoms with Crippen LogP contribution in [0.3, 0.4) is 0 Å². The van der Waals surface area contributed by atoms with Crippen LogP contribution in [0.5, 0.6) is 5.75 Å². The lowest BCUT2D eigenvalue weighted by Crippen LogP contribution is -2.59. The number of carbonyl (C=O) groups is 3. The van der Waals surface area contributed by atoms with E-state index in [-0.39, 0.29) is 36.3 Å². The Bertz CT molecular complexity index is 1030. The Morgan fingerprint density at radius 3 is 2.41 bits per heavy atom. The lowest BCUT2D eigenvalue weighted by atomic mass is 9.66. The number of ether oxygens (including phenoxy) is 2. The molecule has 0 aliphatic carbocycles. The molecule has 3 fully saturated rings. The average Bonchev–Trinajstić information content (AvgIpc) is 3.39. The van der Waals surface area contributed by atoms with Gasteiger partial charge in [0.2, 0.25) is 17.7 Å². The van der Waals surface area contributed by atoms with Crippen LogP contribution in [0, 0.1) is 17.8 Å². The molecule has 9 heteroatoms. The first kappa shape index (κ1) is 27.4. The molecular weight excluding hydrogens is 474 g/mol. The van der Waals surface area contributed by atoms with E-state index in [0.29, 0.717) is 37.3 Å². The van der Waals surface area contributed by atoms with Crippen LogP contribution in [0.15, 0.2) is 24.3 Å². The maximum Gasteiger partial charge on any atom is 0.246 e. The Kier molecular flexibility index (Phi) is 7.59.